The average molecular weight is 299 g/mol. The van der Waals surface area contributed by atoms with Crippen molar-refractivity contribution < 1.29 is 18.3 Å². The third kappa shape index (κ3) is 3.15. The largest absolute Gasteiger partial charge is 0.480 e. The lowest BCUT2D eigenvalue weighted by Gasteiger charge is -2.02. The Morgan fingerprint density at radius 1 is 1.30 bits per heavy atom. The number of sulfonamides is 1. The fourth-order valence-corrected chi connectivity index (χ4v) is 2.49. The van der Waals surface area contributed by atoms with E-state index in [9.17, 15) is 13.2 Å². The second-order valence-electron chi connectivity index (χ2n) is 3.96. The van der Waals surface area contributed by atoms with Crippen molar-refractivity contribution in [1.29, 1.82) is 0 Å². The maximum Gasteiger partial charge on any atom is 0.325 e. The molecule has 2 rings (SSSR count). The number of aryl methyl sites for hydroxylation is 1. The van der Waals surface area contributed by atoms with Gasteiger partial charge >= 0.3 is 5.97 Å². The minimum atomic E-state index is -3.80. The van der Waals surface area contributed by atoms with Crippen LogP contribution in [0.1, 0.15) is 6.92 Å². The number of hydrogen-bond donors (Lipinski definition) is 2. The Bertz CT molecular complexity index is 718. The summed E-state index contributed by atoms with van der Waals surface area (Å²) < 4.78 is 29.1. The van der Waals surface area contributed by atoms with Crippen LogP contribution in [-0.4, -0.2) is 39.1 Å². The molecular formula is C10H13N5O4S. The molecule has 0 aliphatic heterocycles. The Hall–Kier alpha value is -2.36. The van der Waals surface area contributed by atoms with Gasteiger partial charge in [-0.05, 0) is 6.92 Å². The van der Waals surface area contributed by atoms with Gasteiger partial charge in [0.1, 0.15) is 11.4 Å². The zero-order chi connectivity index (χ0) is 14.8. The molecule has 0 fully saturated rings. The van der Waals surface area contributed by atoms with Crippen LogP contribution in [0.15, 0.2) is 29.7 Å². The molecule has 2 aromatic heterocycles. The molecule has 2 aromatic rings. The van der Waals surface area contributed by atoms with E-state index in [1.165, 1.54) is 6.20 Å². The summed E-state index contributed by atoms with van der Waals surface area (Å²) in [7, 11) is -3.80. The number of aromatic nitrogens is 4. The molecule has 0 aromatic carbocycles. The van der Waals surface area contributed by atoms with Gasteiger partial charge in [-0.1, -0.05) is 0 Å². The van der Waals surface area contributed by atoms with Crippen LogP contribution < -0.4 is 4.72 Å². The second-order valence-corrected chi connectivity index (χ2v) is 5.64. The third-order valence-corrected chi connectivity index (χ3v) is 3.76. The average Bonchev–Trinajstić information content (AvgIpc) is 2.97. The fourth-order valence-electron chi connectivity index (χ4n) is 1.51. The van der Waals surface area contributed by atoms with Crippen LogP contribution >= 0.6 is 0 Å². The van der Waals surface area contributed by atoms with E-state index in [4.69, 9.17) is 5.11 Å². The number of nitrogens with one attached hydrogen (secondary N) is 1. The van der Waals surface area contributed by atoms with Gasteiger partial charge in [-0.15, -0.1) is 0 Å². The Morgan fingerprint density at radius 2 is 2.00 bits per heavy atom. The molecule has 20 heavy (non-hydrogen) atoms. The molecule has 0 unspecified atom stereocenters. The summed E-state index contributed by atoms with van der Waals surface area (Å²) in [6.45, 7) is 2.10. The van der Waals surface area contributed by atoms with Crippen LogP contribution in [-0.2, 0) is 27.9 Å². The predicted molar refractivity (Wildman–Crippen MR) is 68.6 cm³/mol. The highest BCUT2D eigenvalue weighted by molar-refractivity contribution is 7.92. The van der Waals surface area contributed by atoms with Crippen molar-refractivity contribution in [3.05, 3.63) is 24.8 Å². The monoisotopic (exact) mass is 299 g/mol. The molecule has 9 nitrogen and oxygen atoms in total. The van der Waals surface area contributed by atoms with E-state index in [-0.39, 0.29) is 4.90 Å². The third-order valence-electron chi connectivity index (χ3n) is 2.43. The minimum Gasteiger partial charge on any atom is -0.480 e. The van der Waals surface area contributed by atoms with Gasteiger partial charge in [0.05, 0.1) is 18.1 Å². The number of rotatable bonds is 6. The Balaban J connectivity index is 2.17. The first-order valence-corrected chi connectivity index (χ1v) is 7.18. The normalized spacial score (nSPS) is 11.4. The van der Waals surface area contributed by atoms with Crippen molar-refractivity contribution in [3.63, 3.8) is 0 Å². The first-order valence-electron chi connectivity index (χ1n) is 5.70. The van der Waals surface area contributed by atoms with Gasteiger partial charge in [-0.2, -0.15) is 10.2 Å². The summed E-state index contributed by atoms with van der Waals surface area (Å²) in [5, 5.41) is 16.2. The van der Waals surface area contributed by atoms with Crippen LogP contribution in [0.25, 0.3) is 0 Å². The molecule has 0 spiro atoms. The molecule has 2 heterocycles. The summed E-state index contributed by atoms with van der Waals surface area (Å²) in [5.74, 6) is -1.10. The van der Waals surface area contributed by atoms with Crippen molar-refractivity contribution in [2.45, 2.75) is 24.9 Å². The van der Waals surface area contributed by atoms with Gasteiger partial charge in [0.25, 0.3) is 10.0 Å². The highest BCUT2D eigenvalue weighted by atomic mass is 32.2. The van der Waals surface area contributed by atoms with E-state index < -0.39 is 22.5 Å². The summed E-state index contributed by atoms with van der Waals surface area (Å²) >= 11 is 0. The van der Waals surface area contributed by atoms with Gasteiger partial charge in [-0.25, -0.2) is 8.42 Å². The second kappa shape index (κ2) is 5.33. The smallest absolute Gasteiger partial charge is 0.325 e. The van der Waals surface area contributed by atoms with Crippen molar-refractivity contribution in [1.82, 2.24) is 19.6 Å². The number of carboxylic acid groups (broad SMARTS) is 1. The van der Waals surface area contributed by atoms with E-state index in [0.717, 1.165) is 17.1 Å². The van der Waals surface area contributed by atoms with Gasteiger partial charge in [0.2, 0.25) is 0 Å². The molecule has 108 valence electrons. The number of nitrogens with zero attached hydrogens (tertiary/aromatic N) is 4. The number of hydrogen-bond acceptors (Lipinski definition) is 5. The van der Waals surface area contributed by atoms with Crippen LogP contribution in [0.4, 0.5) is 5.69 Å². The predicted octanol–water partition coefficient (Wildman–Crippen LogP) is -0.0151. The van der Waals surface area contributed by atoms with Gasteiger partial charge < -0.3 is 5.11 Å². The Morgan fingerprint density at radius 3 is 2.60 bits per heavy atom. The van der Waals surface area contributed by atoms with Crippen LogP contribution in [0.5, 0.6) is 0 Å². The van der Waals surface area contributed by atoms with E-state index in [1.54, 1.807) is 10.9 Å². The molecule has 0 amide bonds. The Kier molecular flexibility index (Phi) is 3.74. The summed E-state index contributed by atoms with van der Waals surface area (Å²) in [5.41, 5.74) is 0.331. The summed E-state index contributed by atoms with van der Waals surface area (Å²) in [6, 6.07) is 0. The maximum absolute atomic E-state index is 12.0. The van der Waals surface area contributed by atoms with Crippen molar-refractivity contribution >= 4 is 21.7 Å². The molecule has 10 heteroatoms. The lowest BCUT2D eigenvalue weighted by atomic mass is 10.6. The van der Waals surface area contributed by atoms with E-state index >= 15 is 0 Å². The number of carboxylic acids is 1. The molecular weight excluding hydrogens is 286 g/mol. The number of carbonyl (C=O) groups is 1. The molecule has 0 atom stereocenters. The van der Waals surface area contributed by atoms with Crippen molar-refractivity contribution in [2.24, 2.45) is 0 Å². The van der Waals surface area contributed by atoms with Crippen molar-refractivity contribution in [2.75, 3.05) is 4.72 Å². The van der Waals surface area contributed by atoms with Gasteiger partial charge in [-0.3, -0.25) is 18.9 Å². The highest BCUT2D eigenvalue weighted by Crippen LogP contribution is 2.14. The summed E-state index contributed by atoms with van der Waals surface area (Å²) in [4.78, 5) is 10.4. The molecule has 0 bridgehead atoms. The first kappa shape index (κ1) is 14.1. The van der Waals surface area contributed by atoms with E-state index in [0.29, 0.717) is 12.2 Å². The SMILES string of the molecule is CCn1cc(NS(=O)(=O)c2cnn(CC(=O)O)c2)cn1. The molecule has 0 saturated heterocycles. The highest BCUT2D eigenvalue weighted by Gasteiger charge is 2.18. The first-order chi connectivity index (χ1) is 9.40. The lowest BCUT2D eigenvalue weighted by Crippen LogP contribution is -2.12. The van der Waals surface area contributed by atoms with Crippen LogP contribution in [0.2, 0.25) is 0 Å². The van der Waals surface area contributed by atoms with E-state index in [1.807, 2.05) is 6.92 Å². The number of anilines is 1. The summed E-state index contributed by atoms with van der Waals surface area (Å²) in [6.07, 6.45) is 5.19. The van der Waals surface area contributed by atoms with Crippen molar-refractivity contribution in [3.8, 4) is 0 Å². The minimum absolute atomic E-state index is 0.108. The van der Waals surface area contributed by atoms with Gasteiger partial charge in [0, 0.05) is 18.9 Å². The molecule has 0 saturated carbocycles. The fraction of sp³-hybridized carbons (Fsp3) is 0.300. The van der Waals surface area contributed by atoms with E-state index in [2.05, 4.69) is 14.9 Å². The molecule has 0 radical (unpaired) electrons. The van der Waals surface area contributed by atoms with Gasteiger partial charge in [0.15, 0.2) is 0 Å². The quantitative estimate of drug-likeness (QED) is 0.774. The molecule has 2 N–H and O–H groups in total. The zero-order valence-corrected chi connectivity index (χ0v) is 11.4. The standard InChI is InChI=1S/C10H13N5O4S/c1-2-14-5-8(3-11-14)13-20(18,19)9-4-12-15(6-9)7-10(16)17/h3-6,13H,2,7H2,1H3,(H,16,17). The Labute approximate surface area is 114 Å². The molecule has 0 aliphatic carbocycles. The maximum atomic E-state index is 12.0. The number of aliphatic carboxylic acids is 1. The lowest BCUT2D eigenvalue weighted by molar-refractivity contribution is -0.137. The zero-order valence-electron chi connectivity index (χ0n) is 10.6. The topological polar surface area (TPSA) is 119 Å². The van der Waals surface area contributed by atoms with Crippen LogP contribution in [0, 0.1) is 0 Å². The molecule has 0 aliphatic rings. The van der Waals surface area contributed by atoms with Crippen LogP contribution in [0.3, 0.4) is 0 Å².